The maximum atomic E-state index is 5.74. The number of nitrogens with two attached hydrogens (primary N) is 1. The second-order valence-corrected chi connectivity index (χ2v) is 6.14. The lowest BCUT2D eigenvalue weighted by Crippen LogP contribution is -2.29. The molecule has 0 amide bonds. The zero-order valence-electron chi connectivity index (χ0n) is 9.80. The van der Waals surface area contributed by atoms with Gasteiger partial charge in [0.15, 0.2) is 0 Å². The van der Waals surface area contributed by atoms with Crippen molar-refractivity contribution < 1.29 is 0 Å². The van der Waals surface area contributed by atoms with Crippen molar-refractivity contribution in [2.45, 2.75) is 12.5 Å². The minimum atomic E-state index is 0.172. The van der Waals surface area contributed by atoms with Gasteiger partial charge in [0, 0.05) is 16.0 Å². The Morgan fingerprint density at radius 3 is 2.78 bits per heavy atom. The first-order chi connectivity index (χ1) is 8.88. The number of nitrogens with one attached hydrogen (secondary N) is 1. The summed E-state index contributed by atoms with van der Waals surface area (Å²) in [5, 5.41) is 5.53. The number of rotatable bonds is 4. The van der Waals surface area contributed by atoms with Crippen LogP contribution in [0.5, 0.6) is 0 Å². The monoisotopic (exact) mass is 274 g/mol. The molecule has 1 unspecified atom stereocenters. The zero-order chi connectivity index (χ0) is 12.4. The molecule has 0 aliphatic heterocycles. The Morgan fingerprint density at radius 2 is 2.00 bits per heavy atom. The van der Waals surface area contributed by atoms with E-state index in [1.54, 1.807) is 22.7 Å². The number of hydrogen-bond donors (Lipinski definition) is 2. The summed E-state index contributed by atoms with van der Waals surface area (Å²) in [5.74, 6) is 5.74. The average Bonchev–Trinajstić information content (AvgIpc) is 3.06. The fourth-order valence-corrected chi connectivity index (χ4v) is 3.90. The van der Waals surface area contributed by atoms with Gasteiger partial charge >= 0.3 is 0 Å². The summed E-state index contributed by atoms with van der Waals surface area (Å²) >= 11 is 3.55. The highest BCUT2D eigenvalue weighted by atomic mass is 32.1. The first kappa shape index (κ1) is 11.9. The predicted molar refractivity (Wildman–Crippen MR) is 79.9 cm³/mol. The molecule has 2 aromatic heterocycles. The number of thiophene rings is 2. The molecule has 3 aromatic rings. The number of benzene rings is 1. The molecule has 0 saturated carbocycles. The van der Waals surface area contributed by atoms with Gasteiger partial charge in [0.2, 0.25) is 0 Å². The largest absolute Gasteiger partial charge is 0.271 e. The van der Waals surface area contributed by atoms with Gasteiger partial charge in [-0.1, -0.05) is 24.3 Å². The second kappa shape index (κ2) is 5.20. The summed E-state index contributed by atoms with van der Waals surface area (Å²) in [5.41, 5.74) is 4.24. The summed E-state index contributed by atoms with van der Waals surface area (Å²) in [7, 11) is 0. The van der Waals surface area contributed by atoms with Crippen LogP contribution in [0.3, 0.4) is 0 Å². The van der Waals surface area contributed by atoms with Crippen molar-refractivity contribution in [2.75, 3.05) is 0 Å². The predicted octanol–water partition coefficient (Wildman–Crippen LogP) is 3.71. The van der Waals surface area contributed by atoms with E-state index in [1.165, 1.54) is 20.5 Å². The van der Waals surface area contributed by atoms with E-state index in [-0.39, 0.29) is 6.04 Å². The molecule has 1 aromatic carbocycles. The van der Waals surface area contributed by atoms with Crippen molar-refractivity contribution >= 4 is 32.8 Å². The molecule has 0 radical (unpaired) electrons. The highest BCUT2D eigenvalue weighted by Crippen LogP contribution is 2.30. The van der Waals surface area contributed by atoms with Gasteiger partial charge in [-0.15, -0.1) is 22.7 Å². The first-order valence-electron chi connectivity index (χ1n) is 5.83. The van der Waals surface area contributed by atoms with Crippen LogP contribution >= 0.6 is 22.7 Å². The number of hydrogen-bond acceptors (Lipinski definition) is 4. The van der Waals surface area contributed by atoms with Gasteiger partial charge in [-0.2, -0.15) is 0 Å². The van der Waals surface area contributed by atoms with Crippen LogP contribution in [0.15, 0.2) is 47.2 Å². The van der Waals surface area contributed by atoms with E-state index >= 15 is 0 Å². The summed E-state index contributed by atoms with van der Waals surface area (Å²) in [6.07, 6.45) is 0.936. The van der Waals surface area contributed by atoms with Crippen molar-refractivity contribution in [1.29, 1.82) is 0 Å². The summed E-state index contributed by atoms with van der Waals surface area (Å²) < 4.78 is 1.33. The smallest absolute Gasteiger partial charge is 0.0522 e. The normalized spacial score (nSPS) is 12.9. The lowest BCUT2D eigenvalue weighted by Gasteiger charge is -2.16. The molecule has 18 heavy (non-hydrogen) atoms. The fraction of sp³-hybridized carbons (Fsp3) is 0.143. The zero-order valence-corrected chi connectivity index (χ0v) is 11.4. The maximum Gasteiger partial charge on any atom is 0.0522 e. The molecule has 0 aliphatic carbocycles. The van der Waals surface area contributed by atoms with Gasteiger partial charge in [0.05, 0.1) is 6.04 Å². The van der Waals surface area contributed by atoms with Crippen LogP contribution < -0.4 is 11.3 Å². The van der Waals surface area contributed by atoms with Gasteiger partial charge in [-0.25, -0.2) is 0 Å². The van der Waals surface area contributed by atoms with Crippen LogP contribution in [0.25, 0.3) is 10.1 Å². The van der Waals surface area contributed by atoms with Crippen molar-refractivity contribution in [2.24, 2.45) is 5.84 Å². The fourth-order valence-electron chi connectivity index (χ4n) is 2.18. The molecular formula is C14H14N2S2. The lowest BCUT2D eigenvalue weighted by atomic mass is 10.0. The quantitative estimate of drug-likeness (QED) is 0.562. The van der Waals surface area contributed by atoms with Crippen LogP contribution in [0.4, 0.5) is 0 Å². The highest BCUT2D eigenvalue weighted by Gasteiger charge is 2.14. The van der Waals surface area contributed by atoms with Gasteiger partial charge in [-0.3, -0.25) is 11.3 Å². The molecule has 4 heteroatoms. The molecule has 2 heterocycles. The third kappa shape index (κ3) is 2.20. The summed E-state index contributed by atoms with van der Waals surface area (Å²) in [6, 6.07) is 13.0. The van der Waals surface area contributed by atoms with E-state index < -0.39 is 0 Å². The Bertz CT molecular complexity index is 628. The van der Waals surface area contributed by atoms with Crippen molar-refractivity contribution in [3.05, 3.63) is 57.6 Å². The molecular weight excluding hydrogens is 260 g/mol. The Kier molecular flexibility index (Phi) is 3.43. The van der Waals surface area contributed by atoms with E-state index in [1.807, 2.05) is 0 Å². The Hall–Kier alpha value is -1.20. The topological polar surface area (TPSA) is 38.0 Å². The molecule has 0 spiro atoms. The third-order valence-electron chi connectivity index (χ3n) is 3.07. The molecule has 0 aliphatic rings. The molecule has 0 saturated heterocycles. The van der Waals surface area contributed by atoms with Crippen molar-refractivity contribution in [1.82, 2.24) is 5.43 Å². The summed E-state index contributed by atoms with van der Waals surface area (Å²) in [6.45, 7) is 0. The van der Waals surface area contributed by atoms with E-state index in [2.05, 4.69) is 52.6 Å². The lowest BCUT2D eigenvalue weighted by molar-refractivity contribution is 0.560. The van der Waals surface area contributed by atoms with Crippen LogP contribution in [0.2, 0.25) is 0 Å². The standard InChI is InChI=1S/C14H14N2S2/c15-16-13(9-11-4-2-7-17-11)12-5-1-3-10-6-8-18-14(10)12/h1-8,13,16H,9,15H2. The van der Waals surface area contributed by atoms with Crippen LogP contribution in [-0.4, -0.2) is 0 Å². The van der Waals surface area contributed by atoms with E-state index in [4.69, 9.17) is 5.84 Å². The molecule has 3 N–H and O–H groups in total. The third-order valence-corrected chi connectivity index (χ3v) is 4.95. The summed E-state index contributed by atoms with van der Waals surface area (Å²) in [4.78, 5) is 1.35. The Balaban J connectivity index is 1.98. The highest BCUT2D eigenvalue weighted by molar-refractivity contribution is 7.17. The average molecular weight is 274 g/mol. The first-order valence-corrected chi connectivity index (χ1v) is 7.59. The Labute approximate surface area is 114 Å². The van der Waals surface area contributed by atoms with E-state index in [0.29, 0.717) is 0 Å². The van der Waals surface area contributed by atoms with Gasteiger partial charge in [0.1, 0.15) is 0 Å². The molecule has 92 valence electrons. The van der Waals surface area contributed by atoms with Crippen molar-refractivity contribution in [3.63, 3.8) is 0 Å². The van der Waals surface area contributed by atoms with Crippen LogP contribution in [0.1, 0.15) is 16.5 Å². The van der Waals surface area contributed by atoms with E-state index in [0.717, 1.165) is 6.42 Å². The van der Waals surface area contributed by atoms with Crippen molar-refractivity contribution in [3.8, 4) is 0 Å². The van der Waals surface area contributed by atoms with E-state index in [9.17, 15) is 0 Å². The molecule has 1 atom stereocenters. The van der Waals surface area contributed by atoms with Gasteiger partial charge in [-0.05, 0) is 33.8 Å². The molecule has 3 rings (SSSR count). The maximum absolute atomic E-state index is 5.74. The molecule has 2 nitrogen and oxygen atoms in total. The Morgan fingerprint density at radius 1 is 1.06 bits per heavy atom. The SMILES string of the molecule is NNC(Cc1cccs1)c1cccc2ccsc12. The second-order valence-electron chi connectivity index (χ2n) is 4.19. The molecule has 0 fully saturated rings. The van der Waals surface area contributed by atoms with Crippen LogP contribution in [0, 0.1) is 0 Å². The van der Waals surface area contributed by atoms with Gasteiger partial charge < -0.3 is 0 Å². The molecule has 0 bridgehead atoms. The number of hydrazine groups is 1. The van der Waals surface area contributed by atoms with Crippen LogP contribution in [-0.2, 0) is 6.42 Å². The minimum absolute atomic E-state index is 0.172. The number of fused-ring (bicyclic) bond motifs is 1. The van der Waals surface area contributed by atoms with Gasteiger partial charge in [0.25, 0.3) is 0 Å². The minimum Gasteiger partial charge on any atom is -0.271 e.